The average Bonchev–Trinajstić information content (AvgIpc) is 3.38. The summed E-state index contributed by atoms with van der Waals surface area (Å²) in [5, 5.41) is 4.81. The molecule has 2 atom stereocenters. The van der Waals surface area contributed by atoms with Crippen molar-refractivity contribution in [3.63, 3.8) is 0 Å². The smallest absolute Gasteiger partial charge is 0.257 e. The van der Waals surface area contributed by atoms with Gasteiger partial charge in [-0.25, -0.2) is 17.6 Å². The van der Waals surface area contributed by atoms with Crippen molar-refractivity contribution >= 4 is 64.1 Å². The summed E-state index contributed by atoms with van der Waals surface area (Å²) in [7, 11) is 0. The maximum Gasteiger partial charge on any atom is 0.257 e. The van der Waals surface area contributed by atoms with Crippen LogP contribution in [0.4, 0.5) is 28.9 Å². The zero-order valence-electron chi connectivity index (χ0n) is 18.0. The second-order valence-electron chi connectivity index (χ2n) is 7.99. The number of nitrogens with one attached hydrogen (secondary N) is 2. The van der Waals surface area contributed by atoms with Gasteiger partial charge in [0.15, 0.2) is 0 Å². The van der Waals surface area contributed by atoms with Crippen LogP contribution in [0.2, 0.25) is 5.02 Å². The van der Waals surface area contributed by atoms with Gasteiger partial charge in [0.2, 0.25) is 5.91 Å². The van der Waals surface area contributed by atoms with Crippen LogP contribution in [-0.4, -0.2) is 16.1 Å². The van der Waals surface area contributed by atoms with Crippen LogP contribution in [0.25, 0.3) is 6.08 Å². The number of halogens is 7. The van der Waals surface area contributed by atoms with Crippen molar-refractivity contribution in [2.75, 3.05) is 10.6 Å². The van der Waals surface area contributed by atoms with E-state index in [1.165, 1.54) is 18.2 Å². The van der Waals surface area contributed by atoms with Gasteiger partial charge in [-0.05, 0) is 48.0 Å². The van der Waals surface area contributed by atoms with Crippen molar-refractivity contribution in [2.45, 2.75) is 10.3 Å². The summed E-state index contributed by atoms with van der Waals surface area (Å²) in [6.45, 7) is 3.35. The average molecular weight is 558 g/mol. The Morgan fingerprint density at radius 1 is 0.917 bits per heavy atom. The molecule has 3 aromatic carbocycles. The molecule has 0 aliphatic heterocycles. The number of carbonyl (C=O) groups is 2. The number of benzene rings is 3. The van der Waals surface area contributed by atoms with Gasteiger partial charge < -0.3 is 10.6 Å². The van der Waals surface area contributed by atoms with Gasteiger partial charge in [0.05, 0.1) is 22.2 Å². The molecule has 0 saturated heterocycles. The molecular formula is C25H15Cl3F4N2O2. The number of hydrogen-bond donors (Lipinski definition) is 2. The maximum atomic E-state index is 14.2. The molecule has 186 valence electrons. The molecule has 1 aliphatic rings. The highest BCUT2D eigenvalue weighted by molar-refractivity contribution is 6.53. The predicted molar refractivity (Wildman–Crippen MR) is 132 cm³/mol. The third-order valence-corrected chi connectivity index (χ3v) is 6.93. The second-order valence-corrected chi connectivity index (χ2v) is 9.85. The molecule has 0 bridgehead atoms. The van der Waals surface area contributed by atoms with Crippen molar-refractivity contribution in [3.05, 3.63) is 100 Å². The highest BCUT2D eigenvalue weighted by Gasteiger charge is 2.67. The lowest BCUT2D eigenvalue weighted by molar-refractivity contribution is -0.117. The fourth-order valence-corrected chi connectivity index (χ4v) is 4.86. The third kappa shape index (κ3) is 4.93. The minimum atomic E-state index is -1.63. The normalized spacial score (nSPS) is 17.9. The standard InChI is InChI=1S/C25H15Cl3F4N2O2/c1-2-14-17(30)7-11(8-18(14)31)21-22(25(21,27)28)24(36)33-13-4-5-16(26)15(10-13)23(35)34-20-6-3-12(29)9-19(20)32/h2-10,21-22H,1H2,(H,33,36)(H,34,35)/t21-,22+/m1/s1. The highest BCUT2D eigenvalue weighted by Crippen LogP contribution is 2.65. The molecule has 0 unspecified atom stereocenters. The van der Waals surface area contributed by atoms with Crippen LogP contribution in [0.15, 0.2) is 55.1 Å². The Hall–Kier alpha value is -3.07. The molecule has 1 fully saturated rings. The SMILES string of the molecule is C=Cc1c(F)cc([C@@H]2[C@@H](C(=O)Nc3ccc(Cl)c(C(=O)Nc4ccc(F)cc4F)c3)C2(Cl)Cl)cc1F. The summed E-state index contributed by atoms with van der Waals surface area (Å²) < 4.78 is 53.8. The van der Waals surface area contributed by atoms with Crippen molar-refractivity contribution in [2.24, 2.45) is 5.92 Å². The molecule has 0 radical (unpaired) electrons. The zero-order chi connectivity index (χ0) is 26.4. The van der Waals surface area contributed by atoms with Gasteiger partial charge in [-0.1, -0.05) is 24.3 Å². The van der Waals surface area contributed by atoms with Crippen LogP contribution >= 0.6 is 34.8 Å². The Labute approximate surface area is 217 Å². The number of rotatable bonds is 6. The van der Waals surface area contributed by atoms with E-state index in [4.69, 9.17) is 34.8 Å². The molecule has 0 spiro atoms. The van der Waals surface area contributed by atoms with Crippen LogP contribution < -0.4 is 10.6 Å². The number of amides is 2. The summed E-state index contributed by atoms with van der Waals surface area (Å²) in [5.74, 6) is -7.00. The summed E-state index contributed by atoms with van der Waals surface area (Å²) >= 11 is 18.6. The molecular weight excluding hydrogens is 543 g/mol. The number of anilines is 2. The lowest BCUT2D eigenvalue weighted by Crippen LogP contribution is -2.18. The van der Waals surface area contributed by atoms with Crippen LogP contribution in [0.3, 0.4) is 0 Å². The van der Waals surface area contributed by atoms with Gasteiger partial charge in [-0.2, -0.15) is 0 Å². The molecule has 4 rings (SSSR count). The first-order chi connectivity index (χ1) is 16.9. The first-order valence-electron chi connectivity index (χ1n) is 10.3. The van der Waals surface area contributed by atoms with Gasteiger partial charge in [0.25, 0.3) is 5.91 Å². The van der Waals surface area contributed by atoms with Gasteiger partial charge >= 0.3 is 0 Å². The van der Waals surface area contributed by atoms with Gasteiger partial charge in [0.1, 0.15) is 27.6 Å². The molecule has 4 nitrogen and oxygen atoms in total. The summed E-state index contributed by atoms with van der Waals surface area (Å²) in [6.07, 6.45) is 1.03. The fraction of sp³-hybridized carbons (Fsp3) is 0.120. The molecule has 3 aromatic rings. The van der Waals surface area contributed by atoms with Crippen molar-refractivity contribution in [1.82, 2.24) is 0 Å². The van der Waals surface area contributed by atoms with Crippen LogP contribution in [-0.2, 0) is 4.79 Å². The third-order valence-electron chi connectivity index (χ3n) is 5.66. The van der Waals surface area contributed by atoms with E-state index in [1.807, 2.05) is 0 Å². The lowest BCUT2D eigenvalue weighted by atomic mass is 10.0. The van der Waals surface area contributed by atoms with E-state index < -0.39 is 51.3 Å². The lowest BCUT2D eigenvalue weighted by Gasteiger charge is -2.11. The summed E-state index contributed by atoms with van der Waals surface area (Å²) in [5.41, 5.74) is -0.481. The summed E-state index contributed by atoms with van der Waals surface area (Å²) in [6, 6.07) is 8.65. The second kappa shape index (κ2) is 9.76. The van der Waals surface area contributed by atoms with E-state index >= 15 is 0 Å². The Bertz CT molecular complexity index is 1390. The number of hydrogen-bond acceptors (Lipinski definition) is 2. The van der Waals surface area contributed by atoms with E-state index in [-0.39, 0.29) is 33.1 Å². The van der Waals surface area contributed by atoms with Crippen LogP contribution in [0, 0.1) is 29.2 Å². The largest absolute Gasteiger partial charge is 0.326 e. The van der Waals surface area contributed by atoms with Gasteiger partial charge in [0, 0.05) is 23.2 Å². The summed E-state index contributed by atoms with van der Waals surface area (Å²) in [4.78, 5) is 25.5. The molecule has 11 heteroatoms. The van der Waals surface area contributed by atoms with E-state index in [9.17, 15) is 27.2 Å². The van der Waals surface area contributed by atoms with Crippen LogP contribution in [0.5, 0.6) is 0 Å². The maximum absolute atomic E-state index is 14.2. The quantitative estimate of drug-likeness (QED) is 0.247. The van der Waals surface area contributed by atoms with Crippen LogP contribution in [0.1, 0.15) is 27.4 Å². The molecule has 0 aromatic heterocycles. The Morgan fingerprint density at radius 3 is 2.19 bits per heavy atom. The van der Waals surface area contributed by atoms with Gasteiger partial charge in [-0.3, -0.25) is 9.59 Å². The first-order valence-corrected chi connectivity index (χ1v) is 11.4. The van der Waals surface area contributed by atoms with Crippen molar-refractivity contribution < 1.29 is 27.2 Å². The zero-order valence-corrected chi connectivity index (χ0v) is 20.3. The van der Waals surface area contributed by atoms with E-state index in [0.717, 1.165) is 30.3 Å². The molecule has 2 N–H and O–H groups in total. The molecule has 1 aliphatic carbocycles. The molecule has 36 heavy (non-hydrogen) atoms. The van der Waals surface area contributed by atoms with Crippen molar-refractivity contribution in [1.29, 1.82) is 0 Å². The Morgan fingerprint density at radius 2 is 1.58 bits per heavy atom. The van der Waals surface area contributed by atoms with E-state index in [2.05, 4.69) is 17.2 Å². The monoisotopic (exact) mass is 556 g/mol. The predicted octanol–water partition coefficient (Wildman–Crippen LogP) is 7.32. The molecule has 2 amide bonds. The number of alkyl halides is 2. The fourth-order valence-electron chi connectivity index (χ4n) is 3.82. The van der Waals surface area contributed by atoms with Gasteiger partial charge in [-0.15, -0.1) is 23.2 Å². The topological polar surface area (TPSA) is 58.2 Å². The van der Waals surface area contributed by atoms with Crippen molar-refractivity contribution in [3.8, 4) is 0 Å². The number of carbonyl (C=O) groups excluding carboxylic acids is 2. The minimum absolute atomic E-state index is 0.00499. The highest BCUT2D eigenvalue weighted by atomic mass is 35.5. The minimum Gasteiger partial charge on any atom is -0.326 e. The van der Waals surface area contributed by atoms with E-state index in [0.29, 0.717) is 6.07 Å². The molecule has 1 saturated carbocycles. The first kappa shape index (κ1) is 26.0. The Balaban J connectivity index is 1.53. The van der Waals surface area contributed by atoms with E-state index in [1.54, 1.807) is 0 Å². The Kier molecular flexibility index (Phi) is 7.05. The molecule has 0 heterocycles.